The maximum absolute atomic E-state index is 8.54. The summed E-state index contributed by atoms with van der Waals surface area (Å²) in [7, 11) is 0. The smallest absolute Gasteiger partial charge is 0.0433 e. The van der Waals surface area contributed by atoms with E-state index < -0.39 is 0 Å². The molecule has 0 aliphatic rings. The maximum Gasteiger partial charge on any atom is 0.0433 e. The fourth-order valence-electron chi connectivity index (χ4n) is 1.02. The van der Waals surface area contributed by atoms with Gasteiger partial charge in [-0.3, -0.25) is 0 Å². The summed E-state index contributed by atoms with van der Waals surface area (Å²) in [6.07, 6.45) is 2.09. The van der Waals surface area contributed by atoms with Crippen molar-refractivity contribution in [1.29, 1.82) is 0 Å². The average molecular weight is 129 g/mol. The normalized spacial score (nSPS) is 14.3. The molecule has 0 spiro atoms. The van der Waals surface area contributed by atoms with E-state index in [4.69, 9.17) is 5.11 Å². The first-order valence-electron chi connectivity index (χ1n) is 3.56. The van der Waals surface area contributed by atoms with Crippen LogP contribution in [-0.4, -0.2) is 11.7 Å². The molecule has 1 heteroatoms. The van der Waals surface area contributed by atoms with E-state index >= 15 is 0 Å². The molecule has 1 nitrogen and oxygen atoms in total. The number of hydrogen-bond donors (Lipinski definition) is 1. The highest BCUT2D eigenvalue weighted by molar-refractivity contribution is 4.78. The highest BCUT2D eigenvalue weighted by atomic mass is 16.2. The number of rotatable bonds is 4. The van der Waals surface area contributed by atoms with Gasteiger partial charge in [-0.1, -0.05) is 20.8 Å². The second-order valence-corrected chi connectivity index (χ2v) is 3.03. The minimum atomic E-state index is 0.328. The van der Waals surface area contributed by atoms with Gasteiger partial charge in [-0.25, -0.2) is 0 Å². The standard InChI is InChI=1S/C8H17O/c1-7(2)6-8(3)4-5-9/h8-9H,4-6H2,1-3H3. The van der Waals surface area contributed by atoms with E-state index in [1.54, 1.807) is 0 Å². The SMILES string of the molecule is C[C](C)CC(C)CCO. The summed E-state index contributed by atoms with van der Waals surface area (Å²) in [5.74, 6) is 2.11. The Morgan fingerprint density at radius 1 is 1.44 bits per heavy atom. The molecule has 0 saturated carbocycles. The first-order valence-corrected chi connectivity index (χ1v) is 3.56. The van der Waals surface area contributed by atoms with E-state index in [9.17, 15) is 0 Å². The summed E-state index contributed by atoms with van der Waals surface area (Å²) in [5.41, 5.74) is 0. The zero-order valence-corrected chi connectivity index (χ0v) is 6.65. The second-order valence-electron chi connectivity index (χ2n) is 3.03. The Hall–Kier alpha value is -0.0400. The Balaban J connectivity index is 3.15. The molecule has 0 amide bonds. The zero-order chi connectivity index (χ0) is 7.28. The summed E-state index contributed by atoms with van der Waals surface area (Å²) < 4.78 is 0. The monoisotopic (exact) mass is 129 g/mol. The van der Waals surface area contributed by atoms with Crippen molar-refractivity contribution < 1.29 is 5.11 Å². The Bertz CT molecular complexity index is 59.6. The van der Waals surface area contributed by atoms with Gasteiger partial charge in [-0.05, 0) is 24.7 Å². The third-order valence-electron chi connectivity index (χ3n) is 1.38. The van der Waals surface area contributed by atoms with E-state index in [2.05, 4.69) is 20.8 Å². The van der Waals surface area contributed by atoms with Gasteiger partial charge in [0, 0.05) is 6.61 Å². The Kier molecular flexibility index (Phi) is 4.78. The lowest BCUT2D eigenvalue weighted by atomic mass is 9.97. The number of aliphatic hydroxyl groups is 1. The maximum atomic E-state index is 8.54. The summed E-state index contributed by atoms with van der Waals surface area (Å²) in [5, 5.41) is 8.54. The summed E-state index contributed by atoms with van der Waals surface area (Å²) in [6, 6.07) is 0. The molecule has 0 heterocycles. The zero-order valence-electron chi connectivity index (χ0n) is 6.65. The Morgan fingerprint density at radius 2 is 2.00 bits per heavy atom. The van der Waals surface area contributed by atoms with Crippen molar-refractivity contribution in [2.45, 2.75) is 33.6 Å². The van der Waals surface area contributed by atoms with E-state index in [0.29, 0.717) is 12.5 Å². The lowest BCUT2D eigenvalue weighted by molar-refractivity contribution is 0.260. The molecule has 0 aliphatic heterocycles. The summed E-state index contributed by atoms with van der Waals surface area (Å²) >= 11 is 0. The fraction of sp³-hybridized carbons (Fsp3) is 0.875. The number of hydrogen-bond acceptors (Lipinski definition) is 1. The van der Waals surface area contributed by atoms with Crippen LogP contribution in [-0.2, 0) is 0 Å². The molecular formula is C8H17O. The van der Waals surface area contributed by atoms with Gasteiger partial charge < -0.3 is 5.11 Å². The van der Waals surface area contributed by atoms with Crippen LogP contribution in [0, 0.1) is 11.8 Å². The molecule has 0 aromatic heterocycles. The molecule has 1 radical (unpaired) electrons. The molecule has 0 bridgehead atoms. The molecule has 1 atom stereocenters. The van der Waals surface area contributed by atoms with Gasteiger partial charge >= 0.3 is 0 Å². The van der Waals surface area contributed by atoms with Crippen LogP contribution < -0.4 is 0 Å². The van der Waals surface area contributed by atoms with Crippen LogP contribution in [0.3, 0.4) is 0 Å². The van der Waals surface area contributed by atoms with Gasteiger partial charge in [0.05, 0.1) is 0 Å². The van der Waals surface area contributed by atoms with Gasteiger partial charge in [-0.2, -0.15) is 0 Å². The van der Waals surface area contributed by atoms with Gasteiger partial charge in [0.2, 0.25) is 0 Å². The van der Waals surface area contributed by atoms with Crippen LogP contribution >= 0.6 is 0 Å². The fourth-order valence-corrected chi connectivity index (χ4v) is 1.02. The minimum Gasteiger partial charge on any atom is -0.396 e. The third-order valence-corrected chi connectivity index (χ3v) is 1.38. The van der Waals surface area contributed by atoms with Gasteiger partial charge in [0.25, 0.3) is 0 Å². The molecule has 9 heavy (non-hydrogen) atoms. The molecule has 0 aromatic rings. The third kappa shape index (κ3) is 5.84. The Morgan fingerprint density at radius 3 is 2.33 bits per heavy atom. The van der Waals surface area contributed by atoms with Crippen molar-refractivity contribution in [2.24, 2.45) is 5.92 Å². The van der Waals surface area contributed by atoms with Gasteiger partial charge in [0.1, 0.15) is 0 Å². The van der Waals surface area contributed by atoms with Gasteiger partial charge in [-0.15, -0.1) is 0 Å². The van der Waals surface area contributed by atoms with E-state index in [-0.39, 0.29) is 0 Å². The molecular weight excluding hydrogens is 112 g/mol. The van der Waals surface area contributed by atoms with E-state index in [1.807, 2.05) is 0 Å². The topological polar surface area (TPSA) is 20.2 Å². The van der Waals surface area contributed by atoms with Crippen molar-refractivity contribution in [2.75, 3.05) is 6.61 Å². The molecule has 1 unspecified atom stereocenters. The minimum absolute atomic E-state index is 0.328. The highest BCUT2D eigenvalue weighted by Crippen LogP contribution is 2.14. The van der Waals surface area contributed by atoms with Crippen LogP contribution in [0.4, 0.5) is 0 Å². The lowest BCUT2D eigenvalue weighted by Gasteiger charge is -2.10. The molecule has 0 aliphatic carbocycles. The second kappa shape index (κ2) is 4.80. The predicted octanol–water partition coefficient (Wildman–Crippen LogP) is 2.01. The first kappa shape index (κ1) is 8.96. The quantitative estimate of drug-likeness (QED) is 0.615. The predicted molar refractivity (Wildman–Crippen MR) is 40.1 cm³/mol. The van der Waals surface area contributed by atoms with E-state index in [0.717, 1.165) is 12.8 Å². The summed E-state index contributed by atoms with van der Waals surface area (Å²) in [6.45, 7) is 6.76. The van der Waals surface area contributed by atoms with Crippen molar-refractivity contribution in [3.05, 3.63) is 5.92 Å². The van der Waals surface area contributed by atoms with Crippen molar-refractivity contribution in [3.8, 4) is 0 Å². The largest absolute Gasteiger partial charge is 0.396 e. The van der Waals surface area contributed by atoms with Gasteiger partial charge in [0.15, 0.2) is 0 Å². The van der Waals surface area contributed by atoms with Crippen molar-refractivity contribution in [3.63, 3.8) is 0 Å². The average Bonchev–Trinajstić information content (AvgIpc) is 1.63. The van der Waals surface area contributed by atoms with Crippen molar-refractivity contribution in [1.82, 2.24) is 0 Å². The van der Waals surface area contributed by atoms with Crippen LogP contribution in [0.1, 0.15) is 33.6 Å². The van der Waals surface area contributed by atoms with Crippen LogP contribution in [0.5, 0.6) is 0 Å². The molecule has 0 aromatic carbocycles. The highest BCUT2D eigenvalue weighted by Gasteiger charge is 2.03. The molecule has 0 fully saturated rings. The summed E-state index contributed by atoms with van der Waals surface area (Å²) in [4.78, 5) is 0. The van der Waals surface area contributed by atoms with Crippen LogP contribution in [0.2, 0.25) is 0 Å². The van der Waals surface area contributed by atoms with Crippen molar-refractivity contribution >= 4 is 0 Å². The Labute approximate surface area is 58.1 Å². The molecule has 1 N–H and O–H groups in total. The van der Waals surface area contributed by atoms with Crippen LogP contribution in [0.25, 0.3) is 0 Å². The lowest BCUT2D eigenvalue weighted by Crippen LogP contribution is -2.00. The molecule has 55 valence electrons. The number of aliphatic hydroxyl groups excluding tert-OH is 1. The molecule has 0 rings (SSSR count). The van der Waals surface area contributed by atoms with E-state index in [1.165, 1.54) is 5.92 Å². The van der Waals surface area contributed by atoms with Crippen LogP contribution in [0.15, 0.2) is 0 Å². The molecule has 0 saturated heterocycles. The first-order chi connectivity index (χ1) is 4.16.